The molecule has 3 rings (SSSR count). The molecule has 1 saturated carbocycles. The van der Waals surface area contributed by atoms with Gasteiger partial charge < -0.3 is 20.5 Å². The van der Waals surface area contributed by atoms with Gasteiger partial charge in [0, 0.05) is 18.7 Å². The van der Waals surface area contributed by atoms with Gasteiger partial charge in [0.05, 0.1) is 23.9 Å². The zero-order valence-electron chi connectivity index (χ0n) is 11.6. The number of anilines is 2. The van der Waals surface area contributed by atoms with Crippen LogP contribution in [-0.2, 0) is 4.74 Å². The molecule has 0 radical (unpaired) electrons. The number of methoxy groups -OCH3 is 1. The van der Waals surface area contributed by atoms with E-state index in [0.29, 0.717) is 16.5 Å². The fourth-order valence-corrected chi connectivity index (χ4v) is 4.04. The van der Waals surface area contributed by atoms with Crippen LogP contribution in [0.25, 0.3) is 0 Å². The monoisotopic (exact) mass is 296 g/mol. The molecule has 0 bridgehead atoms. The van der Waals surface area contributed by atoms with Crippen LogP contribution in [0.1, 0.15) is 46.8 Å². The number of carbonyl (C=O) groups is 1. The van der Waals surface area contributed by atoms with Crippen LogP contribution in [0.5, 0.6) is 0 Å². The maximum Gasteiger partial charge on any atom is 0.350 e. The number of hydrogen-bond acceptors (Lipinski definition) is 6. The summed E-state index contributed by atoms with van der Waals surface area (Å²) in [6, 6.07) is 0. The van der Waals surface area contributed by atoms with Crippen molar-refractivity contribution in [3.05, 3.63) is 10.4 Å². The molecule has 0 aromatic carbocycles. The van der Waals surface area contributed by atoms with Gasteiger partial charge in [0.25, 0.3) is 0 Å². The molecule has 1 aromatic heterocycles. The Morgan fingerprint density at radius 3 is 2.55 bits per heavy atom. The van der Waals surface area contributed by atoms with Crippen LogP contribution in [0.3, 0.4) is 0 Å². The van der Waals surface area contributed by atoms with Crippen molar-refractivity contribution in [1.82, 2.24) is 0 Å². The summed E-state index contributed by atoms with van der Waals surface area (Å²) < 4.78 is 4.82. The standard InChI is InChI=1S/C14H20N2O3S/c1-19-14(18)12-11(15)10(8-2-3-8)13(20-12)16-6-4-9(17)5-7-16/h8-9,17H,2-7,15H2,1H3. The van der Waals surface area contributed by atoms with Crippen LogP contribution < -0.4 is 10.6 Å². The number of carbonyl (C=O) groups excluding carboxylic acids is 1. The number of aliphatic hydroxyl groups excluding tert-OH is 1. The Morgan fingerprint density at radius 1 is 1.35 bits per heavy atom. The second kappa shape index (κ2) is 5.26. The highest BCUT2D eigenvalue weighted by atomic mass is 32.1. The van der Waals surface area contributed by atoms with E-state index < -0.39 is 0 Å². The molecule has 110 valence electrons. The number of hydrogen-bond donors (Lipinski definition) is 2. The molecule has 1 aliphatic heterocycles. The Morgan fingerprint density at radius 2 is 2.00 bits per heavy atom. The van der Waals surface area contributed by atoms with Crippen molar-refractivity contribution in [3.8, 4) is 0 Å². The van der Waals surface area contributed by atoms with Crippen molar-refractivity contribution < 1.29 is 14.6 Å². The Labute approximate surface area is 122 Å². The molecule has 0 amide bonds. The van der Waals surface area contributed by atoms with Crippen LogP contribution in [0.15, 0.2) is 0 Å². The van der Waals surface area contributed by atoms with Gasteiger partial charge in [-0.25, -0.2) is 4.79 Å². The van der Waals surface area contributed by atoms with Crippen LogP contribution in [-0.4, -0.2) is 37.4 Å². The van der Waals surface area contributed by atoms with E-state index in [9.17, 15) is 9.90 Å². The first kappa shape index (κ1) is 13.7. The molecule has 2 aliphatic rings. The molecule has 2 heterocycles. The Bertz CT molecular complexity index is 517. The van der Waals surface area contributed by atoms with Gasteiger partial charge in [0.15, 0.2) is 0 Å². The fourth-order valence-electron chi connectivity index (χ4n) is 2.76. The minimum atomic E-state index is -0.349. The number of thiophene rings is 1. The number of nitrogen functional groups attached to an aromatic ring is 1. The highest BCUT2D eigenvalue weighted by Gasteiger charge is 2.35. The van der Waals surface area contributed by atoms with Gasteiger partial charge in [0.2, 0.25) is 0 Å². The topological polar surface area (TPSA) is 75.8 Å². The molecule has 3 N–H and O–H groups in total. The maximum absolute atomic E-state index is 11.8. The van der Waals surface area contributed by atoms with Crippen LogP contribution in [0.2, 0.25) is 0 Å². The molecule has 1 aliphatic carbocycles. The minimum absolute atomic E-state index is 0.201. The van der Waals surface area contributed by atoms with Crippen molar-refractivity contribution in [1.29, 1.82) is 0 Å². The van der Waals surface area contributed by atoms with Crippen molar-refractivity contribution in [3.63, 3.8) is 0 Å². The normalized spacial score (nSPS) is 20.2. The van der Waals surface area contributed by atoms with Gasteiger partial charge in [-0.05, 0) is 31.6 Å². The van der Waals surface area contributed by atoms with Crippen molar-refractivity contribution in [2.24, 2.45) is 0 Å². The van der Waals surface area contributed by atoms with Crippen molar-refractivity contribution in [2.45, 2.75) is 37.7 Å². The second-order valence-corrected chi connectivity index (χ2v) is 6.55. The van der Waals surface area contributed by atoms with E-state index in [2.05, 4.69) is 4.90 Å². The molecule has 0 atom stereocenters. The van der Waals surface area contributed by atoms with E-state index in [-0.39, 0.29) is 12.1 Å². The summed E-state index contributed by atoms with van der Waals surface area (Å²) in [5, 5.41) is 10.7. The first-order valence-corrected chi connectivity index (χ1v) is 7.87. The largest absolute Gasteiger partial charge is 0.465 e. The molecular formula is C14H20N2O3S. The summed E-state index contributed by atoms with van der Waals surface area (Å²) in [7, 11) is 1.38. The predicted molar refractivity (Wildman–Crippen MR) is 79.5 cm³/mol. The summed E-state index contributed by atoms with van der Waals surface area (Å²) in [6.45, 7) is 1.64. The summed E-state index contributed by atoms with van der Waals surface area (Å²) in [4.78, 5) is 14.6. The van der Waals surface area contributed by atoms with E-state index in [1.165, 1.54) is 18.4 Å². The quantitative estimate of drug-likeness (QED) is 0.834. The lowest BCUT2D eigenvalue weighted by molar-refractivity contribution is 0.0607. The number of piperidine rings is 1. The lowest BCUT2D eigenvalue weighted by Gasteiger charge is -2.31. The average molecular weight is 296 g/mol. The van der Waals surface area contributed by atoms with Gasteiger partial charge in [0.1, 0.15) is 4.88 Å². The van der Waals surface area contributed by atoms with Crippen LogP contribution in [0, 0.1) is 0 Å². The third kappa shape index (κ3) is 2.38. The summed E-state index contributed by atoms with van der Waals surface area (Å²) >= 11 is 1.44. The van der Waals surface area contributed by atoms with Crippen molar-refractivity contribution in [2.75, 3.05) is 30.8 Å². The molecular weight excluding hydrogens is 276 g/mol. The predicted octanol–water partition coefficient (Wildman–Crippen LogP) is 1.96. The van der Waals surface area contributed by atoms with E-state index in [0.717, 1.165) is 49.3 Å². The summed E-state index contributed by atoms with van der Waals surface area (Å²) in [6.07, 6.45) is 3.63. The van der Waals surface area contributed by atoms with Gasteiger partial charge in [-0.3, -0.25) is 0 Å². The lowest BCUT2D eigenvalue weighted by Crippen LogP contribution is -2.35. The Kier molecular flexibility index (Phi) is 3.60. The van der Waals surface area contributed by atoms with E-state index in [1.54, 1.807) is 0 Å². The fraction of sp³-hybridized carbons (Fsp3) is 0.643. The highest BCUT2D eigenvalue weighted by Crippen LogP contribution is 2.52. The Hall–Kier alpha value is -1.27. The number of nitrogens with zero attached hydrogens (tertiary/aromatic N) is 1. The molecule has 0 unspecified atom stereocenters. The first-order valence-electron chi connectivity index (χ1n) is 7.05. The first-order chi connectivity index (χ1) is 9.61. The van der Waals surface area contributed by atoms with Gasteiger partial charge >= 0.3 is 5.97 Å². The molecule has 5 nitrogen and oxygen atoms in total. The minimum Gasteiger partial charge on any atom is -0.465 e. The molecule has 20 heavy (non-hydrogen) atoms. The van der Waals surface area contributed by atoms with Crippen LogP contribution >= 0.6 is 11.3 Å². The molecule has 1 aromatic rings. The van der Waals surface area contributed by atoms with Crippen molar-refractivity contribution >= 4 is 28.0 Å². The van der Waals surface area contributed by atoms with Gasteiger partial charge in [-0.15, -0.1) is 11.3 Å². The smallest absolute Gasteiger partial charge is 0.350 e. The van der Waals surface area contributed by atoms with E-state index in [1.807, 2.05) is 0 Å². The number of nitrogens with two attached hydrogens (primary N) is 1. The SMILES string of the molecule is COC(=O)c1sc(N2CCC(O)CC2)c(C2CC2)c1N. The molecule has 2 fully saturated rings. The van der Waals surface area contributed by atoms with E-state index >= 15 is 0 Å². The Balaban J connectivity index is 1.94. The third-order valence-electron chi connectivity index (χ3n) is 4.07. The summed E-state index contributed by atoms with van der Waals surface area (Å²) in [5.74, 6) is 0.143. The lowest BCUT2D eigenvalue weighted by atomic mass is 10.1. The average Bonchev–Trinajstić information content (AvgIpc) is 3.22. The molecule has 6 heteroatoms. The van der Waals surface area contributed by atoms with Crippen LogP contribution in [0.4, 0.5) is 10.7 Å². The third-order valence-corrected chi connectivity index (χ3v) is 5.33. The second-order valence-electron chi connectivity index (χ2n) is 5.55. The molecule has 1 saturated heterocycles. The van der Waals surface area contributed by atoms with Gasteiger partial charge in [-0.2, -0.15) is 0 Å². The van der Waals surface area contributed by atoms with E-state index in [4.69, 9.17) is 10.5 Å². The van der Waals surface area contributed by atoms with Gasteiger partial charge in [-0.1, -0.05) is 0 Å². The number of aliphatic hydroxyl groups is 1. The summed E-state index contributed by atoms with van der Waals surface area (Å²) in [5.41, 5.74) is 7.92. The zero-order valence-corrected chi connectivity index (χ0v) is 12.4. The molecule has 0 spiro atoms. The number of esters is 1. The maximum atomic E-state index is 11.8. The number of rotatable bonds is 3. The highest BCUT2D eigenvalue weighted by molar-refractivity contribution is 7.18. The zero-order chi connectivity index (χ0) is 14.3. The number of ether oxygens (including phenoxy) is 1.